The van der Waals surface area contributed by atoms with Gasteiger partial charge >= 0.3 is 7.12 Å². The third-order valence-electron chi connectivity index (χ3n) is 4.39. The highest BCUT2D eigenvalue weighted by Crippen LogP contribution is 2.36. The molecular weight excluding hydrogens is 277 g/mol. The highest BCUT2D eigenvalue weighted by atomic mass is 16.7. The average molecular weight is 297 g/mol. The number of nitrogens with zero attached hydrogens (tertiary/aromatic N) is 2. The van der Waals surface area contributed by atoms with E-state index in [0.29, 0.717) is 17.1 Å². The number of anilines is 1. The van der Waals surface area contributed by atoms with Gasteiger partial charge in [0.1, 0.15) is 5.82 Å². The number of benzene rings is 1. The third-order valence-corrected chi connectivity index (χ3v) is 4.39. The lowest BCUT2D eigenvalue weighted by Crippen LogP contribution is -2.41. The molecule has 0 saturated carbocycles. The zero-order chi connectivity index (χ0) is 16.0. The minimum absolute atomic E-state index is 0.382. The maximum atomic E-state index is 6.10. The Bertz CT molecular complexity index is 673. The molecule has 22 heavy (non-hydrogen) atoms. The standard InChI is InChI=1S/C16H20BN3O2/c1-15(2)16(3,4)22-17(21-15)12-10-19-14(20-13(12)18)11-8-6-5-7-9-11/h5-10H,1-4H3,(H2,18,19,20). The summed E-state index contributed by atoms with van der Waals surface area (Å²) < 4.78 is 12.0. The average Bonchev–Trinajstić information content (AvgIpc) is 2.68. The molecule has 114 valence electrons. The normalized spacial score (nSPS) is 19.4. The van der Waals surface area contributed by atoms with Gasteiger partial charge < -0.3 is 15.0 Å². The zero-order valence-corrected chi connectivity index (χ0v) is 13.3. The summed E-state index contributed by atoms with van der Waals surface area (Å²) in [6.45, 7) is 8.01. The van der Waals surface area contributed by atoms with Crippen molar-refractivity contribution in [3.05, 3.63) is 36.5 Å². The van der Waals surface area contributed by atoms with Gasteiger partial charge in [0.2, 0.25) is 0 Å². The van der Waals surface area contributed by atoms with Crippen molar-refractivity contribution < 1.29 is 9.31 Å². The van der Waals surface area contributed by atoms with Crippen molar-refractivity contribution in [2.24, 2.45) is 0 Å². The monoisotopic (exact) mass is 297 g/mol. The molecule has 0 amide bonds. The molecule has 3 rings (SSSR count). The van der Waals surface area contributed by atoms with E-state index in [-0.39, 0.29) is 0 Å². The minimum atomic E-state index is -0.546. The van der Waals surface area contributed by atoms with Crippen molar-refractivity contribution in [2.75, 3.05) is 5.73 Å². The lowest BCUT2D eigenvalue weighted by Gasteiger charge is -2.32. The third kappa shape index (κ3) is 2.49. The Kier molecular flexibility index (Phi) is 3.46. The van der Waals surface area contributed by atoms with Crippen molar-refractivity contribution >= 4 is 18.4 Å². The SMILES string of the molecule is CC1(C)OB(c2cnc(-c3ccccc3)nc2N)OC1(C)C. The van der Waals surface area contributed by atoms with Crippen LogP contribution in [0.4, 0.5) is 5.82 Å². The van der Waals surface area contributed by atoms with Crippen molar-refractivity contribution in [3.63, 3.8) is 0 Å². The molecule has 1 saturated heterocycles. The largest absolute Gasteiger partial charge is 0.500 e. The molecule has 1 aromatic carbocycles. The summed E-state index contributed by atoms with van der Waals surface area (Å²) in [5, 5.41) is 0. The van der Waals surface area contributed by atoms with Crippen LogP contribution in [0.15, 0.2) is 36.5 Å². The molecule has 1 fully saturated rings. The van der Waals surface area contributed by atoms with E-state index in [2.05, 4.69) is 9.97 Å². The van der Waals surface area contributed by atoms with Gasteiger partial charge in [0.25, 0.3) is 0 Å². The van der Waals surface area contributed by atoms with E-state index >= 15 is 0 Å². The number of nitrogens with two attached hydrogens (primary N) is 1. The van der Waals surface area contributed by atoms with E-state index < -0.39 is 18.3 Å². The van der Waals surface area contributed by atoms with E-state index in [1.54, 1.807) is 6.20 Å². The molecule has 0 bridgehead atoms. The number of aromatic nitrogens is 2. The summed E-state index contributed by atoms with van der Waals surface area (Å²) in [6, 6.07) is 9.73. The number of nitrogen functional groups attached to an aromatic ring is 1. The van der Waals surface area contributed by atoms with Crippen LogP contribution in [0.25, 0.3) is 11.4 Å². The minimum Gasteiger partial charge on any atom is -0.399 e. The van der Waals surface area contributed by atoms with Crippen LogP contribution in [0.5, 0.6) is 0 Å². The number of hydrogen-bond donors (Lipinski definition) is 1. The summed E-state index contributed by atoms with van der Waals surface area (Å²) >= 11 is 0. The van der Waals surface area contributed by atoms with Gasteiger partial charge in [0, 0.05) is 17.2 Å². The highest BCUT2D eigenvalue weighted by Gasteiger charge is 2.52. The molecule has 5 nitrogen and oxygen atoms in total. The Morgan fingerprint density at radius 1 is 1.00 bits per heavy atom. The first-order valence-corrected chi connectivity index (χ1v) is 7.34. The Morgan fingerprint density at radius 3 is 2.14 bits per heavy atom. The molecule has 1 aromatic heterocycles. The maximum absolute atomic E-state index is 6.10. The van der Waals surface area contributed by atoms with E-state index in [9.17, 15) is 0 Å². The first-order valence-electron chi connectivity index (χ1n) is 7.34. The first-order chi connectivity index (χ1) is 10.3. The van der Waals surface area contributed by atoms with E-state index in [4.69, 9.17) is 15.0 Å². The van der Waals surface area contributed by atoms with Crippen molar-refractivity contribution in [1.29, 1.82) is 0 Å². The molecule has 6 heteroatoms. The van der Waals surface area contributed by atoms with Crippen LogP contribution in [-0.4, -0.2) is 28.3 Å². The van der Waals surface area contributed by atoms with Gasteiger partial charge in [0.15, 0.2) is 5.82 Å². The van der Waals surface area contributed by atoms with Gasteiger partial charge in [-0.3, -0.25) is 0 Å². The Morgan fingerprint density at radius 2 is 1.59 bits per heavy atom. The zero-order valence-electron chi connectivity index (χ0n) is 13.3. The Hall–Kier alpha value is -1.92. The fraction of sp³-hybridized carbons (Fsp3) is 0.375. The summed E-state index contributed by atoms with van der Waals surface area (Å²) in [4.78, 5) is 8.79. The maximum Gasteiger partial charge on any atom is 0.500 e. The summed E-state index contributed by atoms with van der Waals surface area (Å²) in [6.07, 6.45) is 1.69. The molecule has 2 heterocycles. The van der Waals surface area contributed by atoms with Crippen LogP contribution >= 0.6 is 0 Å². The van der Waals surface area contributed by atoms with Crippen molar-refractivity contribution in [2.45, 2.75) is 38.9 Å². The van der Waals surface area contributed by atoms with Gasteiger partial charge in [-0.25, -0.2) is 9.97 Å². The molecule has 1 aliphatic heterocycles. The van der Waals surface area contributed by atoms with E-state index in [1.807, 2.05) is 58.0 Å². The molecule has 1 aliphatic rings. The second-order valence-electron chi connectivity index (χ2n) is 6.49. The van der Waals surface area contributed by atoms with Gasteiger partial charge in [-0.1, -0.05) is 30.3 Å². The molecule has 0 unspecified atom stereocenters. The molecule has 0 atom stereocenters. The second-order valence-corrected chi connectivity index (χ2v) is 6.49. The smallest absolute Gasteiger partial charge is 0.399 e. The fourth-order valence-corrected chi connectivity index (χ4v) is 2.28. The topological polar surface area (TPSA) is 70.3 Å². The fourth-order valence-electron chi connectivity index (χ4n) is 2.28. The predicted molar refractivity (Wildman–Crippen MR) is 87.6 cm³/mol. The Balaban J connectivity index is 1.91. The summed E-state index contributed by atoms with van der Waals surface area (Å²) in [5.41, 5.74) is 6.87. The Labute approximate surface area is 131 Å². The van der Waals surface area contributed by atoms with Gasteiger partial charge in [-0.2, -0.15) is 0 Å². The van der Waals surface area contributed by atoms with Crippen LogP contribution in [0.2, 0.25) is 0 Å². The van der Waals surface area contributed by atoms with Crippen molar-refractivity contribution in [1.82, 2.24) is 9.97 Å². The van der Waals surface area contributed by atoms with Crippen LogP contribution < -0.4 is 11.2 Å². The molecular formula is C16H20BN3O2. The quantitative estimate of drug-likeness (QED) is 0.859. The second kappa shape index (κ2) is 5.07. The number of hydrogen-bond acceptors (Lipinski definition) is 5. The highest BCUT2D eigenvalue weighted by molar-refractivity contribution is 6.63. The van der Waals surface area contributed by atoms with E-state index in [1.165, 1.54) is 0 Å². The summed E-state index contributed by atoms with van der Waals surface area (Å²) in [5.74, 6) is 0.978. The summed E-state index contributed by atoms with van der Waals surface area (Å²) in [7, 11) is -0.546. The van der Waals surface area contributed by atoms with Gasteiger partial charge in [-0.15, -0.1) is 0 Å². The molecule has 0 spiro atoms. The molecule has 0 radical (unpaired) electrons. The molecule has 0 aliphatic carbocycles. The van der Waals surface area contributed by atoms with Crippen LogP contribution in [-0.2, 0) is 9.31 Å². The van der Waals surface area contributed by atoms with Crippen LogP contribution in [0.1, 0.15) is 27.7 Å². The van der Waals surface area contributed by atoms with Crippen molar-refractivity contribution in [3.8, 4) is 11.4 Å². The number of rotatable bonds is 2. The van der Waals surface area contributed by atoms with Crippen LogP contribution in [0, 0.1) is 0 Å². The lowest BCUT2D eigenvalue weighted by atomic mass is 9.80. The van der Waals surface area contributed by atoms with Gasteiger partial charge in [-0.05, 0) is 27.7 Å². The van der Waals surface area contributed by atoms with Crippen LogP contribution in [0.3, 0.4) is 0 Å². The first kappa shape index (κ1) is 15.0. The van der Waals surface area contributed by atoms with E-state index in [0.717, 1.165) is 5.56 Å². The molecule has 2 aromatic rings. The predicted octanol–water partition coefficient (Wildman–Crippen LogP) is 2.02. The molecule has 2 N–H and O–H groups in total. The lowest BCUT2D eigenvalue weighted by molar-refractivity contribution is 0.00578. The van der Waals surface area contributed by atoms with Gasteiger partial charge in [0.05, 0.1) is 11.2 Å².